The van der Waals surface area contributed by atoms with Gasteiger partial charge < -0.3 is 24.8 Å². The lowest BCUT2D eigenvalue weighted by Crippen LogP contribution is -2.21. The monoisotopic (exact) mass is 526 g/mol. The number of amides is 2. The van der Waals surface area contributed by atoms with Gasteiger partial charge in [0, 0.05) is 29.6 Å². The van der Waals surface area contributed by atoms with Crippen molar-refractivity contribution in [2.24, 2.45) is 0 Å². The highest BCUT2D eigenvalue weighted by Crippen LogP contribution is 2.30. The summed E-state index contributed by atoms with van der Waals surface area (Å²) in [6.07, 6.45) is 0.469. The van der Waals surface area contributed by atoms with Crippen LogP contribution in [0.25, 0.3) is 10.8 Å². The molecular formula is C31H30N2O6. The summed E-state index contributed by atoms with van der Waals surface area (Å²) in [5, 5.41) is 7.56. The van der Waals surface area contributed by atoms with E-state index in [4.69, 9.17) is 14.2 Å². The molecule has 0 aliphatic rings. The second-order valence-corrected chi connectivity index (χ2v) is 8.67. The number of esters is 1. The van der Waals surface area contributed by atoms with E-state index in [2.05, 4.69) is 10.6 Å². The normalized spacial score (nSPS) is 10.5. The third kappa shape index (κ3) is 8.33. The fourth-order valence-electron chi connectivity index (χ4n) is 3.85. The quantitative estimate of drug-likeness (QED) is 0.209. The number of anilines is 2. The molecule has 0 aliphatic carbocycles. The SMILES string of the molecule is CCOc1ccc(NC(=O)COC(=O)CCCC(=O)Nc2ccc(Oc3cccc4ccccc34)cc2)cc1. The van der Waals surface area contributed by atoms with E-state index in [9.17, 15) is 14.4 Å². The number of ether oxygens (including phenoxy) is 3. The van der Waals surface area contributed by atoms with Crippen molar-refractivity contribution in [2.75, 3.05) is 23.8 Å². The Bertz CT molecular complexity index is 1410. The van der Waals surface area contributed by atoms with E-state index in [1.165, 1.54) is 0 Å². The first-order chi connectivity index (χ1) is 19.0. The van der Waals surface area contributed by atoms with E-state index < -0.39 is 18.5 Å². The van der Waals surface area contributed by atoms with Crippen LogP contribution in [0.15, 0.2) is 91.0 Å². The Balaban J connectivity index is 1.14. The number of nitrogens with one attached hydrogen (secondary N) is 2. The van der Waals surface area contributed by atoms with Gasteiger partial charge in [0.15, 0.2) is 6.61 Å². The molecule has 39 heavy (non-hydrogen) atoms. The van der Waals surface area contributed by atoms with Crippen molar-refractivity contribution in [2.45, 2.75) is 26.2 Å². The fraction of sp³-hybridized carbons (Fsp3) is 0.194. The summed E-state index contributed by atoms with van der Waals surface area (Å²) in [7, 11) is 0. The van der Waals surface area contributed by atoms with Gasteiger partial charge in [-0.25, -0.2) is 0 Å². The van der Waals surface area contributed by atoms with Crippen LogP contribution in [0.4, 0.5) is 11.4 Å². The maximum atomic E-state index is 12.3. The molecule has 8 nitrogen and oxygen atoms in total. The molecular weight excluding hydrogens is 496 g/mol. The molecule has 0 spiro atoms. The molecule has 0 aromatic heterocycles. The minimum atomic E-state index is -0.542. The Morgan fingerprint density at radius 1 is 0.692 bits per heavy atom. The van der Waals surface area contributed by atoms with E-state index in [0.717, 1.165) is 16.5 Å². The summed E-state index contributed by atoms with van der Waals surface area (Å²) in [6.45, 7) is 2.05. The fourth-order valence-corrected chi connectivity index (χ4v) is 3.85. The Morgan fingerprint density at radius 3 is 2.05 bits per heavy atom. The number of carbonyl (C=O) groups is 3. The number of rotatable bonds is 12. The lowest BCUT2D eigenvalue weighted by molar-refractivity contribution is -0.147. The Morgan fingerprint density at radius 2 is 1.33 bits per heavy atom. The number of hydrogen-bond acceptors (Lipinski definition) is 6. The summed E-state index contributed by atoms with van der Waals surface area (Å²) in [5.74, 6) is 0.898. The van der Waals surface area contributed by atoms with Gasteiger partial charge in [0.1, 0.15) is 17.2 Å². The summed E-state index contributed by atoms with van der Waals surface area (Å²) in [6, 6.07) is 27.9. The zero-order valence-corrected chi connectivity index (χ0v) is 21.6. The molecule has 2 N–H and O–H groups in total. The van der Waals surface area contributed by atoms with Crippen LogP contribution < -0.4 is 20.1 Å². The minimum absolute atomic E-state index is 0.0293. The zero-order chi connectivity index (χ0) is 27.5. The molecule has 0 bridgehead atoms. The molecule has 0 aliphatic heterocycles. The predicted molar refractivity (Wildman–Crippen MR) is 150 cm³/mol. The highest BCUT2D eigenvalue weighted by Gasteiger charge is 2.10. The van der Waals surface area contributed by atoms with Crippen molar-refractivity contribution in [3.8, 4) is 17.2 Å². The van der Waals surface area contributed by atoms with E-state index >= 15 is 0 Å². The largest absolute Gasteiger partial charge is 0.494 e. The highest BCUT2D eigenvalue weighted by molar-refractivity contribution is 5.93. The van der Waals surface area contributed by atoms with Crippen molar-refractivity contribution in [1.82, 2.24) is 0 Å². The molecule has 4 rings (SSSR count). The maximum Gasteiger partial charge on any atom is 0.306 e. The zero-order valence-electron chi connectivity index (χ0n) is 21.6. The molecule has 0 unspecified atom stereocenters. The molecule has 0 saturated heterocycles. The van der Waals surface area contributed by atoms with Crippen LogP contribution in [0.2, 0.25) is 0 Å². The van der Waals surface area contributed by atoms with Crippen LogP contribution in [0.5, 0.6) is 17.2 Å². The van der Waals surface area contributed by atoms with Crippen LogP contribution in [0, 0.1) is 0 Å². The number of benzene rings is 4. The van der Waals surface area contributed by atoms with Gasteiger partial charge in [-0.1, -0.05) is 36.4 Å². The third-order valence-corrected chi connectivity index (χ3v) is 5.71. The summed E-state index contributed by atoms with van der Waals surface area (Å²) in [4.78, 5) is 36.2. The van der Waals surface area contributed by atoms with Gasteiger partial charge in [-0.3, -0.25) is 14.4 Å². The molecule has 0 radical (unpaired) electrons. The number of carbonyl (C=O) groups excluding carboxylic acids is 3. The standard InChI is InChI=1S/C31H30N2O6/c1-2-37-25-17-13-24(14-18-25)33-30(35)21-38-31(36)12-6-11-29(34)32-23-15-19-26(20-16-23)39-28-10-5-8-22-7-3-4-9-27(22)28/h3-5,7-10,13-20H,2,6,11-12,21H2,1H3,(H,32,34)(H,33,35). The first kappa shape index (κ1) is 27.2. The summed E-state index contributed by atoms with van der Waals surface area (Å²) < 4.78 is 16.4. The molecule has 8 heteroatoms. The first-order valence-corrected chi connectivity index (χ1v) is 12.7. The van der Waals surface area contributed by atoms with Crippen molar-refractivity contribution < 1.29 is 28.6 Å². The Labute approximate surface area is 226 Å². The van der Waals surface area contributed by atoms with Crippen LogP contribution in [-0.2, 0) is 19.1 Å². The smallest absolute Gasteiger partial charge is 0.306 e. The lowest BCUT2D eigenvalue weighted by Gasteiger charge is -2.10. The van der Waals surface area contributed by atoms with Gasteiger partial charge in [-0.15, -0.1) is 0 Å². The number of fused-ring (bicyclic) bond motifs is 1. The molecule has 0 atom stereocenters. The third-order valence-electron chi connectivity index (χ3n) is 5.71. The molecule has 0 saturated carbocycles. The van der Waals surface area contributed by atoms with Crippen LogP contribution in [0.3, 0.4) is 0 Å². The van der Waals surface area contributed by atoms with Crippen LogP contribution in [0.1, 0.15) is 26.2 Å². The lowest BCUT2D eigenvalue weighted by atomic mass is 10.1. The number of hydrogen-bond donors (Lipinski definition) is 2. The van der Waals surface area contributed by atoms with Gasteiger partial charge in [0.05, 0.1) is 6.61 Å². The molecule has 2 amide bonds. The van der Waals surface area contributed by atoms with Gasteiger partial charge in [-0.05, 0) is 73.3 Å². The predicted octanol–water partition coefficient (Wildman–Crippen LogP) is 6.32. The molecule has 4 aromatic rings. The molecule has 0 heterocycles. The van der Waals surface area contributed by atoms with E-state index in [-0.39, 0.29) is 18.7 Å². The topological polar surface area (TPSA) is 103 Å². The average Bonchev–Trinajstić information content (AvgIpc) is 2.94. The molecule has 4 aromatic carbocycles. The first-order valence-electron chi connectivity index (χ1n) is 12.7. The minimum Gasteiger partial charge on any atom is -0.494 e. The summed E-state index contributed by atoms with van der Waals surface area (Å²) in [5.41, 5.74) is 1.20. The van der Waals surface area contributed by atoms with Gasteiger partial charge >= 0.3 is 5.97 Å². The van der Waals surface area contributed by atoms with Gasteiger partial charge in [-0.2, -0.15) is 0 Å². The van der Waals surface area contributed by atoms with Crippen molar-refractivity contribution in [3.05, 3.63) is 91.0 Å². The van der Waals surface area contributed by atoms with Crippen molar-refractivity contribution in [1.29, 1.82) is 0 Å². The van der Waals surface area contributed by atoms with Crippen molar-refractivity contribution >= 4 is 39.9 Å². The maximum absolute atomic E-state index is 12.3. The van der Waals surface area contributed by atoms with E-state index in [0.29, 0.717) is 35.9 Å². The molecule has 200 valence electrons. The Hall–Kier alpha value is -4.85. The van der Waals surface area contributed by atoms with E-state index in [1.807, 2.05) is 49.4 Å². The average molecular weight is 527 g/mol. The molecule has 0 fully saturated rings. The summed E-state index contributed by atoms with van der Waals surface area (Å²) >= 11 is 0. The van der Waals surface area contributed by atoms with Crippen molar-refractivity contribution in [3.63, 3.8) is 0 Å². The van der Waals surface area contributed by atoms with Gasteiger partial charge in [0.2, 0.25) is 5.91 Å². The second kappa shape index (κ2) is 13.6. The van der Waals surface area contributed by atoms with Crippen LogP contribution >= 0.6 is 0 Å². The second-order valence-electron chi connectivity index (χ2n) is 8.67. The Kier molecular flexibility index (Phi) is 9.50. The van der Waals surface area contributed by atoms with E-state index in [1.54, 1.807) is 48.5 Å². The van der Waals surface area contributed by atoms with Gasteiger partial charge in [0.25, 0.3) is 5.91 Å². The highest BCUT2D eigenvalue weighted by atomic mass is 16.5. The van der Waals surface area contributed by atoms with Crippen LogP contribution in [-0.4, -0.2) is 31.0 Å².